The summed E-state index contributed by atoms with van der Waals surface area (Å²) in [6.45, 7) is 18.0. The van der Waals surface area contributed by atoms with Gasteiger partial charge in [0.2, 0.25) is 0 Å². The summed E-state index contributed by atoms with van der Waals surface area (Å²) in [5.41, 5.74) is 0.596. The smallest absolute Gasteiger partial charge is 0.0132 e. The summed E-state index contributed by atoms with van der Waals surface area (Å²) in [5.74, 6) is 0. The Hall–Kier alpha value is -0.340. The molecule has 0 amide bonds. The highest BCUT2D eigenvalue weighted by atomic mass is 15.0. The molecule has 0 aromatic rings. The number of hydrogen-bond donors (Lipinski definition) is 2. The van der Waals surface area contributed by atoms with E-state index < -0.39 is 0 Å². The van der Waals surface area contributed by atoms with Gasteiger partial charge in [-0.05, 0) is 25.7 Å². The van der Waals surface area contributed by atoms with Crippen LogP contribution in [0.5, 0.6) is 0 Å². The fraction of sp³-hybridized carbons (Fsp3) is 0.846. The first-order valence-electron chi connectivity index (χ1n) is 5.83. The Bertz CT molecular complexity index is 177. The van der Waals surface area contributed by atoms with Gasteiger partial charge < -0.3 is 10.6 Å². The molecule has 2 N–H and O–H groups in total. The molecule has 0 fully saturated rings. The molecule has 0 saturated heterocycles. The third-order valence-electron chi connectivity index (χ3n) is 2.17. The van der Waals surface area contributed by atoms with Crippen LogP contribution in [0.25, 0.3) is 0 Å². The molecule has 0 aliphatic heterocycles. The predicted octanol–water partition coefficient (Wildman–Crippen LogP) is 2.57. The summed E-state index contributed by atoms with van der Waals surface area (Å²) in [5, 5.41) is 6.87. The van der Waals surface area contributed by atoms with E-state index in [9.17, 15) is 0 Å². The van der Waals surface area contributed by atoms with Crippen LogP contribution in [-0.4, -0.2) is 25.2 Å². The molecule has 2 heteroatoms. The van der Waals surface area contributed by atoms with Crippen molar-refractivity contribution in [2.45, 2.75) is 46.6 Å². The quantitative estimate of drug-likeness (QED) is 0.500. The number of nitrogens with one attached hydrogen (secondary N) is 2. The molecule has 0 heterocycles. The second kappa shape index (κ2) is 6.29. The Kier molecular flexibility index (Phi) is 6.15. The summed E-state index contributed by atoms with van der Waals surface area (Å²) in [4.78, 5) is 0. The molecule has 0 aromatic heterocycles. The maximum absolute atomic E-state index is 3.67. The van der Waals surface area contributed by atoms with Crippen LogP contribution in [0, 0.1) is 5.41 Å². The molecular weight excluding hydrogens is 184 g/mol. The molecule has 0 aliphatic rings. The monoisotopic (exact) mass is 212 g/mol. The molecule has 0 bridgehead atoms. The van der Waals surface area contributed by atoms with Crippen LogP contribution in [-0.2, 0) is 0 Å². The Morgan fingerprint density at radius 2 is 1.67 bits per heavy atom. The summed E-state index contributed by atoms with van der Waals surface area (Å²) in [6, 6.07) is 0. The molecule has 0 atom stereocenters. The van der Waals surface area contributed by atoms with Crippen molar-refractivity contribution in [1.29, 1.82) is 0 Å². The lowest BCUT2D eigenvalue weighted by molar-refractivity contribution is 0.243. The standard InChI is InChI=1S/C13H28N2/c1-7-8-14-9-10-15-13(5,6)11-12(2,3)4/h7,14-15H,1,8-11H2,2-6H3. The molecule has 0 spiro atoms. The lowest BCUT2D eigenvalue weighted by Gasteiger charge is -2.33. The minimum Gasteiger partial charge on any atom is -0.312 e. The fourth-order valence-corrected chi connectivity index (χ4v) is 2.08. The third-order valence-corrected chi connectivity index (χ3v) is 2.17. The molecule has 0 saturated carbocycles. The van der Waals surface area contributed by atoms with Crippen molar-refractivity contribution in [3.8, 4) is 0 Å². The van der Waals surface area contributed by atoms with Crippen molar-refractivity contribution in [1.82, 2.24) is 10.6 Å². The average Bonchev–Trinajstić information content (AvgIpc) is 1.99. The van der Waals surface area contributed by atoms with Crippen LogP contribution in [0.15, 0.2) is 12.7 Å². The predicted molar refractivity (Wildman–Crippen MR) is 69.2 cm³/mol. The highest BCUT2D eigenvalue weighted by molar-refractivity contribution is 4.83. The van der Waals surface area contributed by atoms with E-state index >= 15 is 0 Å². The van der Waals surface area contributed by atoms with E-state index in [-0.39, 0.29) is 5.54 Å². The molecule has 0 rings (SSSR count). The summed E-state index contributed by atoms with van der Waals surface area (Å²) >= 11 is 0. The Labute approximate surface area is 95.5 Å². The van der Waals surface area contributed by atoms with E-state index in [0.717, 1.165) is 19.6 Å². The summed E-state index contributed by atoms with van der Waals surface area (Å²) in [7, 11) is 0. The van der Waals surface area contributed by atoms with Gasteiger partial charge >= 0.3 is 0 Å². The van der Waals surface area contributed by atoms with Crippen LogP contribution >= 0.6 is 0 Å². The maximum atomic E-state index is 3.67. The normalized spacial score (nSPS) is 12.9. The van der Waals surface area contributed by atoms with Crippen molar-refractivity contribution >= 4 is 0 Å². The molecule has 0 unspecified atom stereocenters. The molecule has 0 aliphatic carbocycles. The molecular formula is C13H28N2. The Morgan fingerprint density at radius 3 is 2.13 bits per heavy atom. The van der Waals surface area contributed by atoms with Gasteiger partial charge in [0.05, 0.1) is 0 Å². The van der Waals surface area contributed by atoms with Gasteiger partial charge in [0.1, 0.15) is 0 Å². The number of rotatable bonds is 7. The minimum absolute atomic E-state index is 0.216. The maximum Gasteiger partial charge on any atom is 0.0132 e. The van der Waals surface area contributed by atoms with Crippen molar-refractivity contribution < 1.29 is 0 Å². The minimum atomic E-state index is 0.216. The Morgan fingerprint density at radius 1 is 1.07 bits per heavy atom. The highest BCUT2D eigenvalue weighted by Crippen LogP contribution is 2.26. The topological polar surface area (TPSA) is 24.1 Å². The summed E-state index contributed by atoms with van der Waals surface area (Å²) in [6.07, 6.45) is 3.07. The van der Waals surface area contributed by atoms with Gasteiger partial charge in [-0.3, -0.25) is 0 Å². The van der Waals surface area contributed by atoms with Crippen molar-refractivity contribution in [3.63, 3.8) is 0 Å². The van der Waals surface area contributed by atoms with Gasteiger partial charge in [-0.2, -0.15) is 0 Å². The van der Waals surface area contributed by atoms with E-state index in [1.165, 1.54) is 6.42 Å². The van der Waals surface area contributed by atoms with Crippen LogP contribution in [0.1, 0.15) is 41.0 Å². The van der Waals surface area contributed by atoms with Gasteiger partial charge in [-0.25, -0.2) is 0 Å². The van der Waals surface area contributed by atoms with Crippen LogP contribution in [0.2, 0.25) is 0 Å². The van der Waals surface area contributed by atoms with Gasteiger partial charge in [-0.1, -0.05) is 26.8 Å². The van der Waals surface area contributed by atoms with Crippen LogP contribution < -0.4 is 10.6 Å². The van der Waals surface area contributed by atoms with Crippen LogP contribution in [0.4, 0.5) is 0 Å². The summed E-state index contributed by atoms with van der Waals surface area (Å²) < 4.78 is 0. The zero-order chi connectivity index (χ0) is 11.9. The lowest BCUT2D eigenvalue weighted by Crippen LogP contribution is -2.45. The van der Waals surface area contributed by atoms with E-state index in [1.807, 2.05) is 6.08 Å². The van der Waals surface area contributed by atoms with Crippen LogP contribution in [0.3, 0.4) is 0 Å². The van der Waals surface area contributed by atoms with E-state index in [2.05, 4.69) is 51.8 Å². The molecule has 0 aromatic carbocycles. The van der Waals surface area contributed by atoms with Gasteiger partial charge in [0.15, 0.2) is 0 Å². The first kappa shape index (κ1) is 14.7. The average molecular weight is 212 g/mol. The molecule has 0 radical (unpaired) electrons. The number of hydrogen-bond acceptors (Lipinski definition) is 2. The zero-order valence-corrected chi connectivity index (χ0v) is 11.1. The lowest BCUT2D eigenvalue weighted by atomic mass is 9.82. The molecule has 2 nitrogen and oxygen atoms in total. The SMILES string of the molecule is C=CCNCCNC(C)(C)CC(C)(C)C. The van der Waals surface area contributed by atoms with E-state index in [1.54, 1.807) is 0 Å². The van der Waals surface area contributed by atoms with E-state index in [4.69, 9.17) is 0 Å². The third kappa shape index (κ3) is 9.95. The Balaban J connectivity index is 3.69. The first-order valence-corrected chi connectivity index (χ1v) is 5.83. The van der Waals surface area contributed by atoms with Gasteiger partial charge in [0, 0.05) is 25.2 Å². The van der Waals surface area contributed by atoms with Crippen molar-refractivity contribution in [2.75, 3.05) is 19.6 Å². The fourth-order valence-electron chi connectivity index (χ4n) is 2.08. The van der Waals surface area contributed by atoms with Gasteiger partial charge in [-0.15, -0.1) is 6.58 Å². The van der Waals surface area contributed by atoms with Gasteiger partial charge in [0.25, 0.3) is 0 Å². The first-order chi connectivity index (χ1) is 6.77. The second-order valence-corrected chi connectivity index (χ2v) is 6.04. The largest absolute Gasteiger partial charge is 0.312 e. The van der Waals surface area contributed by atoms with E-state index in [0.29, 0.717) is 5.41 Å². The van der Waals surface area contributed by atoms with Crippen molar-refractivity contribution in [2.24, 2.45) is 5.41 Å². The highest BCUT2D eigenvalue weighted by Gasteiger charge is 2.24. The zero-order valence-electron chi connectivity index (χ0n) is 11.1. The molecule has 15 heavy (non-hydrogen) atoms. The van der Waals surface area contributed by atoms with Crippen molar-refractivity contribution in [3.05, 3.63) is 12.7 Å². The molecule has 90 valence electrons. The second-order valence-electron chi connectivity index (χ2n) is 6.04.